The van der Waals surface area contributed by atoms with Crippen molar-refractivity contribution in [2.75, 3.05) is 33.3 Å². The summed E-state index contributed by atoms with van der Waals surface area (Å²) in [5.74, 6) is 2.72. The van der Waals surface area contributed by atoms with Gasteiger partial charge in [0.05, 0.1) is 18.6 Å². The number of hydrogen-bond donors (Lipinski definition) is 2. The number of aliphatic hydroxyl groups is 1. The summed E-state index contributed by atoms with van der Waals surface area (Å²) in [6.45, 7) is 2.91. The fraction of sp³-hybridized carbons (Fsp3) is 0.724. The van der Waals surface area contributed by atoms with Gasteiger partial charge in [-0.1, -0.05) is 12.1 Å². The molecule has 7 nitrogen and oxygen atoms in total. The van der Waals surface area contributed by atoms with Crippen LogP contribution in [0.25, 0.3) is 0 Å². The van der Waals surface area contributed by atoms with Gasteiger partial charge in [0.25, 0.3) is 0 Å². The zero-order chi connectivity index (χ0) is 24.9. The Morgan fingerprint density at radius 1 is 1.03 bits per heavy atom. The molecule has 2 aliphatic heterocycles. The molecule has 3 atom stereocenters. The summed E-state index contributed by atoms with van der Waals surface area (Å²) in [5.41, 5.74) is 1.00. The van der Waals surface area contributed by atoms with Crippen LogP contribution in [-0.4, -0.2) is 72.3 Å². The quantitative estimate of drug-likeness (QED) is 0.666. The number of carbonyl (C=O) groups is 2. The summed E-state index contributed by atoms with van der Waals surface area (Å²) in [6.07, 6.45) is 8.41. The molecule has 7 rings (SSSR count). The van der Waals surface area contributed by atoms with Gasteiger partial charge in [-0.05, 0) is 99.2 Å². The second-order valence-electron chi connectivity index (χ2n) is 12.3. The Bertz CT molecular complexity index is 974. The number of benzene rings is 1. The normalized spacial score (nSPS) is 36.1. The van der Waals surface area contributed by atoms with Gasteiger partial charge in [-0.2, -0.15) is 0 Å². The van der Waals surface area contributed by atoms with Crippen LogP contribution in [0.4, 0.5) is 4.79 Å². The standard InChI is InChI=1S/C29H41N3O4/c1-36-25-6-2-4-21(14-25)20-7-10-31(11-8-20)28(35)32-9-3-5-24(18-32)30-27(34)29-15-19-12-22(16-29)26(33)23(13-19)17-29/h2,4,6,14,19-20,22-24,26,33H,3,5,7-13,15-18H2,1H3,(H,30,34)/t19?,22?,23?,24-,26?,29?/m0/s1. The van der Waals surface area contributed by atoms with E-state index in [1.54, 1.807) is 7.11 Å². The number of methoxy groups -OCH3 is 1. The van der Waals surface area contributed by atoms with Crippen molar-refractivity contribution in [3.05, 3.63) is 29.8 Å². The molecule has 0 aromatic heterocycles. The summed E-state index contributed by atoms with van der Waals surface area (Å²) in [6, 6.07) is 8.44. The average Bonchev–Trinajstić information content (AvgIpc) is 2.91. The maximum atomic E-state index is 13.6. The molecule has 0 spiro atoms. The molecule has 2 unspecified atom stereocenters. The lowest BCUT2D eigenvalue weighted by molar-refractivity contribution is -0.163. The number of nitrogens with zero attached hydrogens (tertiary/aromatic N) is 2. The Kier molecular flexibility index (Phi) is 6.39. The van der Waals surface area contributed by atoms with E-state index < -0.39 is 0 Å². The molecule has 6 aliphatic rings. The first kappa shape index (κ1) is 24.1. The lowest BCUT2D eigenvalue weighted by atomic mass is 9.48. The zero-order valence-corrected chi connectivity index (χ0v) is 21.5. The molecule has 2 N–H and O–H groups in total. The van der Waals surface area contributed by atoms with Gasteiger partial charge in [0.1, 0.15) is 5.75 Å². The average molecular weight is 496 g/mol. The van der Waals surface area contributed by atoms with Gasteiger partial charge >= 0.3 is 6.03 Å². The Labute approximate surface area is 214 Å². The van der Waals surface area contributed by atoms with Gasteiger partial charge in [-0.15, -0.1) is 0 Å². The Balaban J connectivity index is 1.03. The van der Waals surface area contributed by atoms with Crippen LogP contribution in [0.3, 0.4) is 0 Å². The summed E-state index contributed by atoms with van der Waals surface area (Å²) < 4.78 is 5.38. The highest BCUT2D eigenvalue weighted by Crippen LogP contribution is 2.60. The largest absolute Gasteiger partial charge is 0.497 e. The van der Waals surface area contributed by atoms with Crippen molar-refractivity contribution in [3.63, 3.8) is 0 Å². The van der Waals surface area contributed by atoms with Crippen LogP contribution >= 0.6 is 0 Å². The van der Waals surface area contributed by atoms with E-state index in [0.717, 1.165) is 83.2 Å². The summed E-state index contributed by atoms with van der Waals surface area (Å²) in [5, 5.41) is 14.0. The minimum atomic E-state index is -0.288. The van der Waals surface area contributed by atoms with E-state index in [4.69, 9.17) is 4.74 Å². The first-order valence-corrected chi connectivity index (χ1v) is 14.1. The first-order valence-electron chi connectivity index (χ1n) is 14.1. The fourth-order valence-corrected chi connectivity index (χ4v) is 8.38. The summed E-state index contributed by atoms with van der Waals surface area (Å²) in [4.78, 5) is 30.9. The maximum absolute atomic E-state index is 13.6. The van der Waals surface area contributed by atoms with E-state index in [1.165, 1.54) is 5.56 Å². The Morgan fingerprint density at radius 2 is 1.78 bits per heavy atom. The lowest BCUT2D eigenvalue weighted by Gasteiger charge is -2.58. The highest BCUT2D eigenvalue weighted by atomic mass is 16.5. The highest BCUT2D eigenvalue weighted by Gasteiger charge is 2.58. The van der Waals surface area contributed by atoms with Crippen molar-refractivity contribution in [1.82, 2.24) is 15.1 Å². The van der Waals surface area contributed by atoms with Crippen molar-refractivity contribution in [3.8, 4) is 5.75 Å². The minimum Gasteiger partial charge on any atom is -0.497 e. The number of rotatable bonds is 4. The number of urea groups is 1. The van der Waals surface area contributed by atoms with E-state index in [1.807, 2.05) is 21.9 Å². The predicted octanol–water partition coefficient (Wildman–Crippen LogP) is 3.76. The maximum Gasteiger partial charge on any atom is 0.320 e. The van der Waals surface area contributed by atoms with Crippen LogP contribution in [0.5, 0.6) is 5.75 Å². The van der Waals surface area contributed by atoms with E-state index >= 15 is 0 Å². The first-order chi connectivity index (χ1) is 17.4. The van der Waals surface area contributed by atoms with Gasteiger partial charge in [0, 0.05) is 32.2 Å². The van der Waals surface area contributed by atoms with Crippen molar-refractivity contribution >= 4 is 11.9 Å². The third kappa shape index (κ3) is 4.37. The number of hydrogen-bond acceptors (Lipinski definition) is 4. The smallest absolute Gasteiger partial charge is 0.320 e. The molecule has 196 valence electrons. The molecule has 0 radical (unpaired) electrons. The van der Waals surface area contributed by atoms with Crippen molar-refractivity contribution in [2.45, 2.75) is 75.9 Å². The number of piperidine rings is 2. The number of aliphatic hydroxyl groups excluding tert-OH is 1. The molecule has 7 heteroatoms. The summed E-state index contributed by atoms with van der Waals surface area (Å²) in [7, 11) is 1.70. The molecule has 6 fully saturated rings. The molecule has 4 saturated carbocycles. The van der Waals surface area contributed by atoms with Gasteiger partial charge in [0.2, 0.25) is 5.91 Å². The fourth-order valence-electron chi connectivity index (χ4n) is 8.38. The molecular weight excluding hydrogens is 454 g/mol. The van der Waals surface area contributed by atoms with Gasteiger partial charge in [0.15, 0.2) is 0 Å². The van der Waals surface area contributed by atoms with Crippen LogP contribution in [0, 0.1) is 23.2 Å². The second-order valence-corrected chi connectivity index (χ2v) is 12.3. The van der Waals surface area contributed by atoms with E-state index in [-0.39, 0.29) is 29.5 Å². The van der Waals surface area contributed by atoms with Crippen LogP contribution in [0.2, 0.25) is 0 Å². The third-order valence-electron chi connectivity index (χ3n) is 10.1. The highest BCUT2D eigenvalue weighted by molar-refractivity contribution is 5.83. The number of likely N-dealkylation sites (tertiary alicyclic amines) is 2. The summed E-state index contributed by atoms with van der Waals surface area (Å²) >= 11 is 0. The Morgan fingerprint density at radius 3 is 2.50 bits per heavy atom. The number of nitrogens with one attached hydrogen (secondary N) is 1. The molecule has 4 bridgehead atoms. The Hall–Kier alpha value is -2.28. The molecule has 3 amide bonds. The molecule has 2 heterocycles. The third-order valence-corrected chi connectivity index (χ3v) is 10.1. The van der Waals surface area contributed by atoms with E-state index in [2.05, 4.69) is 17.4 Å². The second kappa shape index (κ2) is 9.55. The number of carbonyl (C=O) groups excluding carboxylic acids is 2. The lowest BCUT2D eigenvalue weighted by Crippen LogP contribution is -2.61. The van der Waals surface area contributed by atoms with Gasteiger partial charge in [-0.3, -0.25) is 4.79 Å². The van der Waals surface area contributed by atoms with Crippen LogP contribution in [0.1, 0.15) is 69.3 Å². The predicted molar refractivity (Wildman–Crippen MR) is 137 cm³/mol. The number of ether oxygens (including phenoxy) is 1. The topological polar surface area (TPSA) is 82.1 Å². The zero-order valence-electron chi connectivity index (χ0n) is 21.5. The molecule has 36 heavy (non-hydrogen) atoms. The van der Waals surface area contributed by atoms with Crippen molar-refractivity contribution in [1.29, 1.82) is 0 Å². The minimum absolute atomic E-state index is 0.0300. The molecular formula is C29H41N3O4. The van der Waals surface area contributed by atoms with Gasteiger partial charge < -0.3 is 25.0 Å². The molecule has 1 aromatic rings. The SMILES string of the molecule is COc1cccc(C2CCN(C(=O)N3CCC[C@H](NC(=O)C45CC6CC(C4)C(O)C(C6)C5)C3)CC2)c1. The molecule has 4 aliphatic carbocycles. The van der Waals surface area contributed by atoms with Crippen molar-refractivity contribution < 1.29 is 19.4 Å². The van der Waals surface area contributed by atoms with Crippen LogP contribution < -0.4 is 10.1 Å². The monoisotopic (exact) mass is 495 g/mol. The molecule has 1 aromatic carbocycles. The number of amides is 3. The van der Waals surface area contributed by atoms with Gasteiger partial charge in [-0.25, -0.2) is 4.79 Å². The van der Waals surface area contributed by atoms with Crippen LogP contribution in [0.15, 0.2) is 24.3 Å². The van der Waals surface area contributed by atoms with Crippen molar-refractivity contribution in [2.24, 2.45) is 23.2 Å². The van der Waals surface area contributed by atoms with E-state index in [0.29, 0.717) is 30.2 Å². The van der Waals surface area contributed by atoms with Crippen LogP contribution in [-0.2, 0) is 4.79 Å². The molecule has 2 saturated heterocycles. The van der Waals surface area contributed by atoms with E-state index in [9.17, 15) is 14.7 Å².